The van der Waals surface area contributed by atoms with Gasteiger partial charge in [-0.15, -0.1) is 11.3 Å². The van der Waals surface area contributed by atoms with Crippen LogP contribution in [0.5, 0.6) is 0 Å². The highest BCUT2D eigenvalue weighted by Gasteiger charge is 2.22. The zero-order valence-electron chi connectivity index (χ0n) is 21.5. The van der Waals surface area contributed by atoms with Crippen molar-refractivity contribution in [3.05, 3.63) is 98.7 Å². The van der Waals surface area contributed by atoms with E-state index in [2.05, 4.69) is 25.6 Å². The number of hydrogen-bond donors (Lipinski definition) is 4. The van der Waals surface area contributed by atoms with E-state index < -0.39 is 23.8 Å². The van der Waals surface area contributed by atoms with Gasteiger partial charge < -0.3 is 25.5 Å². The lowest BCUT2D eigenvalue weighted by atomic mass is 10.2. The van der Waals surface area contributed by atoms with E-state index in [1.165, 1.54) is 6.20 Å². The first-order valence-corrected chi connectivity index (χ1v) is 13.3. The Morgan fingerprint density at radius 2 is 1.90 bits per heavy atom. The number of alkyl carbamates (subject to hydrolysis) is 1. The lowest BCUT2D eigenvalue weighted by Gasteiger charge is -2.17. The van der Waals surface area contributed by atoms with Crippen LogP contribution in [-0.2, 0) is 29.2 Å². The van der Waals surface area contributed by atoms with Crippen molar-refractivity contribution in [3.63, 3.8) is 0 Å². The number of imidazole rings is 1. The SMILES string of the molecule is Cc1cn(C[C@H](NC(=O)OCc2ccccc2)C(=O)O)c(=O)nc1NCc1cc(-c2nc3ccccc3[nH]2)cs1. The number of nitrogens with zero attached hydrogens (tertiary/aromatic N) is 3. The Balaban J connectivity index is 1.20. The molecule has 12 heteroatoms. The molecule has 3 aromatic heterocycles. The number of carbonyl (C=O) groups is 2. The quantitative estimate of drug-likeness (QED) is 0.200. The number of rotatable bonds is 10. The Kier molecular flexibility index (Phi) is 7.87. The van der Waals surface area contributed by atoms with Crippen molar-refractivity contribution in [3.8, 4) is 11.4 Å². The number of fused-ring (bicyclic) bond motifs is 1. The third-order valence-corrected chi connectivity index (χ3v) is 7.04. The van der Waals surface area contributed by atoms with Crippen LogP contribution in [0.4, 0.5) is 10.6 Å². The van der Waals surface area contributed by atoms with Crippen molar-refractivity contribution in [2.24, 2.45) is 0 Å². The summed E-state index contributed by atoms with van der Waals surface area (Å²) in [7, 11) is 0. The molecule has 1 atom stereocenters. The number of carboxylic acids is 1. The molecule has 4 N–H and O–H groups in total. The number of aryl methyl sites for hydroxylation is 1. The van der Waals surface area contributed by atoms with Gasteiger partial charge in [0, 0.05) is 27.6 Å². The van der Waals surface area contributed by atoms with E-state index >= 15 is 0 Å². The Labute approximate surface area is 232 Å². The van der Waals surface area contributed by atoms with Crippen LogP contribution in [0.2, 0.25) is 0 Å². The number of para-hydroxylation sites is 2. The number of H-pyrrole nitrogens is 1. The van der Waals surface area contributed by atoms with Gasteiger partial charge in [-0.1, -0.05) is 42.5 Å². The minimum atomic E-state index is -1.39. The first kappa shape index (κ1) is 26.6. The Hall–Kier alpha value is -4.97. The first-order chi connectivity index (χ1) is 19.4. The summed E-state index contributed by atoms with van der Waals surface area (Å²) in [6.07, 6.45) is 0.615. The summed E-state index contributed by atoms with van der Waals surface area (Å²) in [5, 5.41) is 17.1. The average molecular weight is 559 g/mol. The van der Waals surface area contributed by atoms with Crippen molar-refractivity contribution in [2.45, 2.75) is 32.7 Å². The second-order valence-corrected chi connectivity index (χ2v) is 10.1. The van der Waals surface area contributed by atoms with E-state index in [4.69, 9.17) is 4.74 Å². The van der Waals surface area contributed by atoms with Gasteiger partial charge >= 0.3 is 17.8 Å². The molecule has 0 saturated heterocycles. The van der Waals surface area contributed by atoms with Crippen LogP contribution in [0.3, 0.4) is 0 Å². The third kappa shape index (κ3) is 6.35. The highest BCUT2D eigenvalue weighted by atomic mass is 32.1. The zero-order valence-corrected chi connectivity index (χ0v) is 22.3. The smallest absolute Gasteiger partial charge is 0.408 e. The number of aromatic amines is 1. The Bertz CT molecular complexity index is 1680. The lowest BCUT2D eigenvalue weighted by molar-refractivity contribution is -0.139. The summed E-state index contributed by atoms with van der Waals surface area (Å²) in [5.74, 6) is -0.130. The molecular formula is C28H26N6O5S. The van der Waals surface area contributed by atoms with Gasteiger partial charge in [0.05, 0.1) is 24.1 Å². The topological polar surface area (TPSA) is 151 Å². The number of amides is 1. The van der Waals surface area contributed by atoms with Crippen molar-refractivity contribution < 1.29 is 19.4 Å². The molecule has 11 nitrogen and oxygen atoms in total. The van der Waals surface area contributed by atoms with E-state index in [0.29, 0.717) is 17.9 Å². The van der Waals surface area contributed by atoms with Crippen molar-refractivity contribution in [2.75, 3.05) is 5.32 Å². The molecule has 5 rings (SSSR count). The Morgan fingerprint density at radius 3 is 2.67 bits per heavy atom. The molecule has 204 valence electrons. The summed E-state index contributed by atoms with van der Waals surface area (Å²) in [6, 6.07) is 17.5. The molecule has 0 bridgehead atoms. The highest BCUT2D eigenvalue weighted by Crippen LogP contribution is 2.26. The molecule has 0 aliphatic rings. The third-order valence-electron chi connectivity index (χ3n) is 6.10. The molecule has 0 unspecified atom stereocenters. The molecule has 0 saturated carbocycles. The van der Waals surface area contributed by atoms with Crippen molar-refractivity contribution >= 4 is 40.3 Å². The fourth-order valence-corrected chi connectivity index (χ4v) is 4.86. The number of aromatic nitrogens is 4. The molecule has 1 amide bonds. The maximum absolute atomic E-state index is 12.7. The predicted molar refractivity (Wildman–Crippen MR) is 151 cm³/mol. The van der Waals surface area contributed by atoms with E-state index in [9.17, 15) is 19.5 Å². The molecule has 0 radical (unpaired) electrons. The van der Waals surface area contributed by atoms with Gasteiger partial charge in [0.2, 0.25) is 0 Å². The summed E-state index contributed by atoms with van der Waals surface area (Å²) in [6.45, 7) is 1.88. The van der Waals surface area contributed by atoms with Crippen LogP contribution >= 0.6 is 11.3 Å². The average Bonchev–Trinajstić information content (AvgIpc) is 3.60. The van der Waals surface area contributed by atoms with Crippen molar-refractivity contribution in [1.82, 2.24) is 24.8 Å². The molecule has 0 spiro atoms. The number of thiophene rings is 1. The monoisotopic (exact) mass is 558 g/mol. The second kappa shape index (κ2) is 11.8. The number of benzene rings is 2. The standard InChI is InChI=1S/C28H26N6O5S/c1-17-13-34(14-23(26(35)36)32-28(38)39-15-18-7-3-2-4-8-18)27(37)33-24(17)29-12-20-11-19(16-40-20)25-30-21-9-5-6-10-22(21)31-25/h2-11,13,16,23H,12,14-15H2,1H3,(H,30,31)(H,32,38)(H,35,36)(H,29,33,37)/t23-/m0/s1. The van der Waals surface area contributed by atoms with Crippen LogP contribution in [0, 0.1) is 6.92 Å². The van der Waals surface area contributed by atoms with Crippen LogP contribution in [0.1, 0.15) is 16.0 Å². The number of carboxylic acid groups (broad SMARTS) is 1. The van der Waals surface area contributed by atoms with Gasteiger partial charge in [-0.3, -0.25) is 4.57 Å². The molecule has 0 fully saturated rings. The predicted octanol–water partition coefficient (Wildman–Crippen LogP) is 4.15. The Morgan fingerprint density at radius 1 is 1.12 bits per heavy atom. The lowest BCUT2D eigenvalue weighted by Crippen LogP contribution is -2.45. The number of hydrogen-bond acceptors (Lipinski definition) is 8. The fraction of sp³-hybridized carbons (Fsp3) is 0.179. The molecule has 0 aliphatic heterocycles. The number of carbonyl (C=O) groups excluding carboxylic acids is 1. The number of nitrogens with one attached hydrogen (secondary N) is 3. The number of aliphatic carboxylic acids is 1. The van der Waals surface area contributed by atoms with Gasteiger partial charge in [0.25, 0.3) is 0 Å². The van der Waals surface area contributed by atoms with Gasteiger partial charge in [0.15, 0.2) is 0 Å². The normalized spacial score (nSPS) is 11.7. The maximum atomic E-state index is 12.7. The zero-order chi connectivity index (χ0) is 28.1. The van der Waals surface area contributed by atoms with E-state index in [1.807, 2.05) is 41.8 Å². The summed E-state index contributed by atoms with van der Waals surface area (Å²) >= 11 is 1.56. The van der Waals surface area contributed by atoms with E-state index in [1.54, 1.807) is 42.5 Å². The minimum Gasteiger partial charge on any atom is -0.480 e. The first-order valence-electron chi connectivity index (χ1n) is 12.4. The second-order valence-electron chi connectivity index (χ2n) is 9.06. The molecular weight excluding hydrogens is 532 g/mol. The summed E-state index contributed by atoms with van der Waals surface area (Å²) in [5.41, 5.74) is 3.59. The number of anilines is 1. The number of ether oxygens (including phenoxy) is 1. The van der Waals surface area contributed by atoms with Crippen molar-refractivity contribution in [1.29, 1.82) is 0 Å². The maximum Gasteiger partial charge on any atom is 0.408 e. The minimum absolute atomic E-state index is 0.00992. The molecule has 0 aliphatic carbocycles. The van der Waals surface area contributed by atoms with E-state index in [-0.39, 0.29) is 13.2 Å². The van der Waals surface area contributed by atoms with E-state index in [0.717, 1.165) is 37.4 Å². The van der Waals surface area contributed by atoms with Gasteiger partial charge in [0.1, 0.15) is 24.3 Å². The van der Waals surface area contributed by atoms with Crippen LogP contribution < -0.4 is 16.3 Å². The van der Waals surface area contributed by atoms with Crippen LogP contribution in [0.25, 0.3) is 22.4 Å². The summed E-state index contributed by atoms with van der Waals surface area (Å²) < 4.78 is 6.26. The molecule has 40 heavy (non-hydrogen) atoms. The van der Waals surface area contributed by atoms with Crippen LogP contribution in [0.15, 0.2) is 77.0 Å². The van der Waals surface area contributed by atoms with Gasteiger partial charge in [-0.2, -0.15) is 4.98 Å². The van der Waals surface area contributed by atoms with Gasteiger partial charge in [-0.05, 0) is 30.7 Å². The van der Waals surface area contributed by atoms with Gasteiger partial charge in [-0.25, -0.2) is 19.4 Å². The van der Waals surface area contributed by atoms with Crippen LogP contribution in [-0.4, -0.2) is 42.7 Å². The molecule has 3 heterocycles. The molecule has 2 aromatic carbocycles. The fourth-order valence-electron chi connectivity index (χ4n) is 4.05. The highest BCUT2D eigenvalue weighted by molar-refractivity contribution is 7.10. The molecule has 5 aromatic rings. The summed E-state index contributed by atoms with van der Waals surface area (Å²) in [4.78, 5) is 49.7. The largest absolute Gasteiger partial charge is 0.480 e.